The van der Waals surface area contributed by atoms with Crippen LogP contribution in [-0.2, 0) is 30.2 Å². The highest BCUT2D eigenvalue weighted by Gasteiger charge is 2.40. The summed E-state index contributed by atoms with van der Waals surface area (Å²) in [4.78, 5) is 11.2. The fraction of sp³-hybridized carbons (Fsp3) is 0.696. The minimum Gasteiger partial charge on any atom is -0.347 e. The van der Waals surface area contributed by atoms with Crippen LogP contribution < -0.4 is 0 Å². The second kappa shape index (κ2) is 9.04. The standard InChI is InChI=1S/C23H34O5/c1-22(2)25-18(12-8-11-17-9-6-5-7-10-17)13-19(26-22)14-20-15-21(16-24)28-23(3,4)27-20/h5-7,9-10,16,18-21H,8,11-15H2,1-4H3/t18-,19+,20-,21-/m0/s1. The van der Waals surface area contributed by atoms with Gasteiger partial charge in [-0.3, -0.25) is 0 Å². The molecule has 2 aliphatic rings. The van der Waals surface area contributed by atoms with Crippen molar-refractivity contribution in [2.75, 3.05) is 0 Å². The largest absolute Gasteiger partial charge is 0.347 e. The molecule has 0 unspecified atom stereocenters. The second-order valence-corrected chi connectivity index (χ2v) is 8.90. The number of aldehydes is 1. The smallest absolute Gasteiger partial charge is 0.164 e. The quantitative estimate of drug-likeness (QED) is 0.645. The molecule has 0 bridgehead atoms. The molecule has 0 radical (unpaired) electrons. The van der Waals surface area contributed by atoms with Crippen LogP contribution in [0.1, 0.15) is 65.4 Å². The number of rotatable bonds is 7. The predicted molar refractivity (Wildman–Crippen MR) is 107 cm³/mol. The minimum atomic E-state index is -0.746. The Balaban J connectivity index is 1.53. The maximum absolute atomic E-state index is 11.2. The van der Waals surface area contributed by atoms with Crippen molar-refractivity contribution in [3.63, 3.8) is 0 Å². The molecule has 5 heteroatoms. The molecule has 2 aliphatic heterocycles. The summed E-state index contributed by atoms with van der Waals surface area (Å²) in [6, 6.07) is 10.6. The summed E-state index contributed by atoms with van der Waals surface area (Å²) in [5, 5.41) is 0. The normalized spacial score (nSPS) is 32.0. The van der Waals surface area contributed by atoms with Crippen molar-refractivity contribution < 1.29 is 23.7 Å². The van der Waals surface area contributed by atoms with E-state index in [4.69, 9.17) is 18.9 Å². The Bertz CT molecular complexity index is 627. The molecule has 2 fully saturated rings. The Labute approximate surface area is 168 Å². The van der Waals surface area contributed by atoms with Gasteiger partial charge in [-0.05, 0) is 52.5 Å². The molecule has 1 aromatic carbocycles. The van der Waals surface area contributed by atoms with Crippen molar-refractivity contribution in [3.05, 3.63) is 35.9 Å². The molecule has 156 valence electrons. The predicted octanol–water partition coefficient (Wildman–Crippen LogP) is 4.42. The first-order chi connectivity index (χ1) is 13.2. The SMILES string of the molecule is CC1(C)O[C@@H](C[C@H]2C[C@@H](C=O)OC(C)(C)O2)C[C@H](CCCc2ccccc2)O1. The number of ether oxygens (including phenoxy) is 4. The van der Waals surface area contributed by atoms with E-state index in [-0.39, 0.29) is 18.3 Å². The maximum Gasteiger partial charge on any atom is 0.164 e. The molecule has 2 saturated heterocycles. The molecule has 0 saturated carbocycles. The van der Waals surface area contributed by atoms with Crippen LogP contribution in [0.3, 0.4) is 0 Å². The monoisotopic (exact) mass is 390 g/mol. The van der Waals surface area contributed by atoms with Crippen LogP contribution in [0.25, 0.3) is 0 Å². The minimum absolute atomic E-state index is 0.0525. The summed E-state index contributed by atoms with van der Waals surface area (Å²) >= 11 is 0. The molecule has 0 N–H and O–H groups in total. The molecule has 2 heterocycles. The number of hydrogen-bond donors (Lipinski definition) is 0. The molecule has 4 atom stereocenters. The van der Waals surface area contributed by atoms with Crippen LogP contribution in [0.4, 0.5) is 0 Å². The zero-order valence-corrected chi connectivity index (χ0v) is 17.6. The molecular weight excluding hydrogens is 356 g/mol. The van der Waals surface area contributed by atoms with Crippen LogP contribution in [0, 0.1) is 0 Å². The van der Waals surface area contributed by atoms with Crippen LogP contribution in [0.15, 0.2) is 30.3 Å². The third-order valence-corrected chi connectivity index (χ3v) is 5.32. The molecule has 0 spiro atoms. The Kier molecular flexibility index (Phi) is 6.92. The van der Waals surface area contributed by atoms with Gasteiger partial charge in [0.1, 0.15) is 12.4 Å². The number of benzene rings is 1. The zero-order valence-electron chi connectivity index (χ0n) is 17.6. The van der Waals surface area contributed by atoms with Gasteiger partial charge in [0.2, 0.25) is 0 Å². The molecule has 5 nitrogen and oxygen atoms in total. The van der Waals surface area contributed by atoms with Crippen molar-refractivity contribution in [1.29, 1.82) is 0 Å². The Morgan fingerprint density at radius 1 is 0.893 bits per heavy atom. The van der Waals surface area contributed by atoms with E-state index in [1.807, 2.05) is 33.8 Å². The van der Waals surface area contributed by atoms with Crippen molar-refractivity contribution in [3.8, 4) is 0 Å². The Hall–Kier alpha value is -1.27. The third kappa shape index (κ3) is 6.38. The summed E-state index contributed by atoms with van der Waals surface area (Å²) in [5.41, 5.74) is 1.36. The van der Waals surface area contributed by atoms with Gasteiger partial charge in [0, 0.05) is 19.3 Å². The first-order valence-electron chi connectivity index (χ1n) is 10.5. The highest BCUT2D eigenvalue weighted by molar-refractivity contribution is 5.56. The van der Waals surface area contributed by atoms with Gasteiger partial charge in [-0.25, -0.2) is 0 Å². The van der Waals surface area contributed by atoms with Gasteiger partial charge in [-0.15, -0.1) is 0 Å². The van der Waals surface area contributed by atoms with Gasteiger partial charge in [0.05, 0.1) is 18.3 Å². The van der Waals surface area contributed by atoms with Crippen LogP contribution in [0.5, 0.6) is 0 Å². The van der Waals surface area contributed by atoms with E-state index < -0.39 is 17.7 Å². The average molecular weight is 391 g/mol. The molecule has 28 heavy (non-hydrogen) atoms. The van der Waals surface area contributed by atoms with E-state index in [1.54, 1.807) is 0 Å². The molecule has 1 aromatic rings. The van der Waals surface area contributed by atoms with Crippen molar-refractivity contribution >= 4 is 6.29 Å². The first-order valence-corrected chi connectivity index (χ1v) is 10.5. The van der Waals surface area contributed by atoms with Gasteiger partial charge in [0.15, 0.2) is 11.6 Å². The molecule has 0 aliphatic carbocycles. The maximum atomic E-state index is 11.2. The van der Waals surface area contributed by atoms with E-state index in [0.29, 0.717) is 6.42 Å². The number of carbonyl (C=O) groups is 1. The highest BCUT2D eigenvalue weighted by Crippen LogP contribution is 2.35. The van der Waals surface area contributed by atoms with Gasteiger partial charge >= 0.3 is 0 Å². The van der Waals surface area contributed by atoms with Gasteiger partial charge < -0.3 is 23.7 Å². The van der Waals surface area contributed by atoms with E-state index in [9.17, 15) is 4.79 Å². The fourth-order valence-corrected chi connectivity index (χ4v) is 4.39. The third-order valence-electron chi connectivity index (χ3n) is 5.32. The summed E-state index contributed by atoms with van der Waals surface area (Å²) in [6.45, 7) is 7.67. The summed E-state index contributed by atoms with van der Waals surface area (Å²) < 4.78 is 24.0. The lowest BCUT2D eigenvalue weighted by Crippen LogP contribution is -2.49. The molecule has 0 aromatic heterocycles. The average Bonchev–Trinajstić information content (AvgIpc) is 2.60. The van der Waals surface area contributed by atoms with E-state index in [2.05, 4.69) is 24.3 Å². The molecule has 0 amide bonds. The zero-order chi connectivity index (χ0) is 20.2. The number of carbonyl (C=O) groups excluding carboxylic acids is 1. The first kappa shape index (κ1) is 21.4. The summed E-state index contributed by atoms with van der Waals surface area (Å²) in [5.74, 6) is -1.35. The Morgan fingerprint density at radius 3 is 2.18 bits per heavy atom. The molecular formula is C23H34O5. The van der Waals surface area contributed by atoms with Gasteiger partial charge in [-0.1, -0.05) is 30.3 Å². The van der Waals surface area contributed by atoms with Crippen LogP contribution in [0.2, 0.25) is 0 Å². The van der Waals surface area contributed by atoms with E-state index in [1.165, 1.54) is 5.56 Å². The second-order valence-electron chi connectivity index (χ2n) is 8.90. The fourth-order valence-electron chi connectivity index (χ4n) is 4.39. The lowest BCUT2D eigenvalue weighted by molar-refractivity contribution is -0.321. The van der Waals surface area contributed by atoms with Crippen molar-refractivity contribution in [2.45, 2.75) is 102 Å². The Morgan fingerprint density at radius 2 is 1.50 bits per heavy atom. The number of aryl methyl sites for hydroxylation is 1. The molecule has 3 rings (SSSR count). The number of hydrogen-bond acceptors (Lipinski definition) is 5. The van der Waals surface area contributed by atoms with Crippen molar-refractivity contribution in [1.82, 2.24) is 0 Å². The van der Waals surface area contributed by atoms with Crippen LogP contribution >= 0.6 is 0 Å². The summed E-state index contributed by atoms with van der Waals surface area (Å²) in [6.07, 6.45) is 5.97. The van der Waals surface area contributed by atoms with Crippen molar-refractivity contribution in [2.24, 2.45) is 0 Å². The van der Waals surface area contributed by atoms with E-state index >= 15 is 0 Å². The summed E-state index contributed by atoms with van der Waals surface area (Å²) in [7, 11) is 0. The van der Waals surface area contributed by atoms with Gasteiger partial charge in [0.25, 0.3) is 0 Å². The van der Waals surface area contributed by atoms with E-state index in [0.717, 1.165) is 38.4 Å². The lowest BCUT2D eigenvalue weighted by Gasteiger charge is -2.44. The highest BCUT2D eigenvalue weighted by atomic mass is 16.7. The van der Waals surface area contributed by atoms with Crippen LogP contribution in [-0.4, -0.2) is 42.3 Å². The topological polar surface area (TPSA) is 54.0 Å². The lowest BCUT2D eigenvalue weighted by atomic mass is 9.95. The van der Waals surface area contributed by atoms with Gasteiger partial charge in [-0.2, -0.15) is 0 Å².